The van der Waals surface area contributed by atoms with Gasteiger partial charge in [-0.15, -0.1) is 0 Å². The molecule has 0 spiro atoms. The Morgan fingerprint density at radius 1 is 0.654 bits per heavy atom. The highest BCUT2D eigenvalue weighted by molar-refractivity contribution is 6.26. The smallest absolute Gasteiger partial charge is 0.00206 e. The van der Waals surface area contributed by atoms with Gasteiger partial charge in [0.15, 0.2) is 0 Å². The van der Waals surface area contributed by atoms with Crippen LogP contribution in [0.3, 0.4) is 0 Å². The molecule has 0 aliphatic rings. The normalized spacial score (nSPS) is 11.7. The lowest BCUT2D eigenvalue weighted by Gasteiger charge is -2.15. The van der Waals surface area contributed by atoms with Crippen molar-refractivity contribution in [1.82, 2.24) is 0 Å². The second kappa shape index (κ2) is 6.14. The molecular weight excluding hydrogens is 312 g/mol. The van der Waals surface area contributed by atoms with Gasteiger partial charge in [-0.1, -0.05) is 86.1 Å². The number of hydrogen-bond acceptors (Lipinski definition) is 0. The minimum atomic E-state index is 1.17. The Morgan fingerprint density at radius 2 is 1.35 bits per heavy atom. The van der Waals surface area contributed by atoms with Crippen molar-refractivity contribution in [2.45, 2.75) is 26.2 Å². The first-order valence-electron chi connectivity index (χ1n) is 9.61. The van der Waals surface area contributed by atoms with E-state index in [0.717, 1.165) is 0 Å². The molecule has 126 valence electrons. The van der Waals surface area contributed by atoms with Crippen molar-refractivity contribution in [3.63, 3.8) is 0 Å². The van der Waals surface area contributed by atoms with Gasteiger partial charge in [0.2, 0.25) is 0 Å². The van der Waals surface area contributed by atoms with Crippen LogP contribution in [0.4, 0.5) is 0 Å². The summed E-state index contributed by atoms with van der Waals surface area (Å²) in [5.41, 5.74) is 4.08. The van der Waals surface area contributed by atoms with Gasteiger partial charge in [0.25, 0.3) is 0 Å². The Hall–Kier alpha value is -2.86. The summed E-state index contributed by atoms with van der Waals surface area (Å²) >= 11 is 0. The third-order valence-electron chi connectivity index (χ3n) is 5.59. The second-order valence-corrected chi connectivity index (χ2v) is 7.27. The van der Waals surface area contributed by atoms with Gasteiger partial charge in [-0.25, -0.2) is 0 Å². The molecule has 0 saturated carbocycles. The first-order chi connectivity index (χ1) is 12.8. The highest BCUT2D eigenvalue weighted by Gasteiger charge is 2.12. The van der Waals surface area contributed by atoms with Crippen molar-refractivity contribution in [1.29, 1.82) is 0 Å². The van der Waals surface area contributed by atoms with E-state index in [9.17, 15) is 0 Å². The van der Waals surface area contributed by atoms with E-state index >= 15 is 0 Å². The van der Waals surface area contributed by atoms with E-state index in [1.165, 1.54) is 68.3 Å². The van der Waals surface area contributed by atoms with E-state index in [-0.39, 0.29) is 0 Å². The quantitative estimate of drug-likeness (QED) is 0.297. The van der Waals surface area contributed by atoms with Crippen LogP contribution in [0.15, 0.2) is 78.9 Å². The van der Waals surface area contributed by atoms with Crippen molar-refractivity contribution >= 4 is 32.3 Å². The molecule has 5 aromatic rings. The van der Waals surface area contributed by atoms with Crippen LogP contribution in [0.1, 0.15) is 25.3 Å². The van der Waals surface area contributed by atoms with Crippen molar-refractivity contribution in [3.8, 4) is 11.1 Å². The molecule has 0 heterocycles. The molecular formula is C26H22. The SMILES string of the molecule is CCCCc1ccc(-c2cc3cccc4ccc5cccc2c5c43)cc1. The van der Waals surface area contributed by atoms with Crippen molar-refractivity contribution in [3.05, 3.63) is 84.4 Å². The zero-order valence-electron chi connectivity index (χ0n) is 15.1. The summed E-state index contributed by atoms with van der Waals surface area (Å²) in [6.45, 7) is 2.25. The number of benzene rings is 5. The molecule has 0 unspecified atom stereocenters. The summed E-state index contributed by atoms with van der Waals surface area (Å²) in [5.74, 6) is 0. The third kappa shape index (κ3) is 2.37. The zero-order chi connectivity index (χ0) is 17.5. The molecule has 0 bridgehead atoms. The summed E-state index contributed by atoms with van der Waals surface area (Å²) in [7, 11) is 0. The lowest BCUT2D eigenvalue weighted by molar-refractivity contribution is 0.795. The molecule has 0 amide bonds. The van der Waals surface area contributed by atoms with E-state index in [0.29, 0.717) is 0 Å². The lowest BCUT2D eigenvalue weighted by Crippen LogP contribution is -1.89. The molecule has 0 radical (unpaired) electrons. The zero-order valence-corrected chi connectivity index (χ0v) is 15.1. The van der Waals surface area contributed by atoms with Gasteiger partial charge in [-0.3, -0.25) is 0 Å². The maximum Gasteiger partial charge on any atom is -0.00206 e. The summed E-state index contributed by atoms with van der Waals surface area (Å²) < 4.78 is 0. The van der Waals surface area contributed by atoms with Crippen LogP contribution in [0, 0.1) is 0 Å². The number of rotatable bonds is 4. The maximum atomic E-state index is 2.37. The molecule has 0 nitrogen and oxygen atoms in total. The van der Waals surface area contributed by atoms with Gasteiger partial charge in [0.1, 0.15) is 0 Å². The first-order valence-corrected chi connectivity index (χ1v) is 9.61. The predicted octanol–water partition coefficient (Wildman–Crippen LogP) is 7.59. The molecule has 5 rings (SSSR count). The molecule has 0 N–H and O–H groups in total. The molecule has 0 heteroatoms. The maximum absolute atomic E-state index is 2.37. The monoisotopic (exact) mass is 334 g/mol. The number of unbranched alkanes of at least 4 members (excludes halogenated alkanes) is 1. The van der Waals surface area contributed by atoms with Crippen LogP contribution in [-0.4, -0.2) is 0 Å². The summed E-state index contributed by atoms with van der Waals surface area (Å²) in [5, 5.41) is 8.13. The largest absolute Gasteiger partial charge is 0.0654 e. The van der Waals surface area contributed by atoms with E-state index in [4.69, 9.17) is 0 Å². The second-order valence-electron chi connectivity index (χ2n) is 7.27. The van der Waals surface area contributed by atoms with Gasteiger partial charge in [0, 0.05) is 0 Å². The third-order valence-corrected chi connectivity index (χ3v) is 5.59. The standard InChI is InChI=1S/C26H22/c1-2-3-6-18-11-13-19(14-12-18)24-17-22-9-4-7-20-15-16-21-8-5-10-23(24)26(21)25(20)22/h4-5,7-17H,2-3,6H2,1H3. The Labute approximate surface area is 154 Å². The van der Waals surface area contributed by atoms with Crippen LogP contribution < -0.4 is 0 Å². The molecule has 0 aliphatic carbocycles. The first kappa shape index (κ1) is 15.4. The molecule has 0 atom stereocenters. The van der Waals surface area contributed by atoms with Gasteiger partial charge < -0.3 is 0 Å². The van der Waals surface area contributed by atoms with Crippen LogP contribution in [0.25, 0.3) is 43.4 Å². The van der Waals surface area contributed by atoms with E-state index in [1.807, 2.05) is 0 Å². The fraction of sp³-hybridized carbons (Fsp3) is 0.154. The Kier molecular flexibility index (Phi) is 3.64. The lowest BCUT2D eigenvalue weighted by atomic mass is 9.89. The summed E-state index contributed by atoms with van der Waals surface area (Å²) in [6.07, 6.45) is 3.68. The van der Waals surface area contributed by atoms with Crippen LogP contribution in [0.5, 0.6) is 0 Å². The minimum Gasteiger partial charge on any atom is -0.0654 e. The number of hydrogen-bond donors (Lipinski definition) is 0. The molecule has 5 aromatic carbocycles. The highest BCUT2D eigenvalue weighted by Crippen LogP contribution is 2.40. The van der Waals surface area contributed by atoms with Gasteiger partial charge in [0.05, 0.1) is 0 Å². The van der Waals surface area contributed by atoms with E-state index < -0.39 is 0 Å². The fourth-order valence-corrected chi connectivity index (χ4v) is 4.23. The summed E-state index contributed by atoms with van der Waals surface area (Å²) in [6, 6.07) is 29.4. The van der Waals surface area contributed by atoms with Crippen molar-refractivity contribution in [2.24, 2.45) is 0 Å². The van der Waals surface area contributed by atoms with Gasteiger partial charge in [-0.05, 0) is 67.9 Å². The average Bonchev–Trinajstić information content (AvgIpc) is 2.71. The molecule has 0 aromatic heterocycles. The molecule has 0 aliphatic heterocycles. The van der Waals surface area contributed by atoms with Crippen molar-refractivity contribution in [2.75, 3.05) is 0 Å². The Morgan fingerprint density at radius 3 is 2.12 bits per heavy atom. The Balaban J connectivity index is 1.77. The highest BCUT2D eigenvalue weighted by atomic mass is 14.2. The molecule has 0 fully saturated rings. The topological polar surface area (TPSA) is 0 Å². The van der Waals surface area contributed by atoms with Gasteiger partial charge >= 0.3 is 0 Å². The molecule has 0 saturated heterocycles. The number of aryl methyl sites for hydroxylation is 1. The summed E-state index contributed by atoms with van der Waals surface area (Å²) in [4.78, 5) is 0. The fourth-order valence-electron chi connectivity index (χ4n) is 4.23. The van der Waals surface area contributed by atoms with E-state index in [2.05, 4.69) is 85.8 Å². The Bertz CT molecular complexity index is 1200. The van der Waals surface area contributed by atoms with Crippen LogP contribution in [0.2, 0.25) is 0 Å². The average molecular weight is 334 g/mol. The van der Waals surface area contributed by atoms with Gasteiger partial charge in [-0.2, -0.15) is 0 Å². The van der Waals surface area contributed by atoms with Crippen LogP contribution in [-0.2, 0) is 6.42 Å². The molecule has 26 heavy (non-hydrogen) atoms. The minimum absolute atomic E-state index is 1.17. The van der Waals surface area contributed by atoms with Crippen LogP contribution >= 0.6 is 0 Å². The van der Waals surface area contributed by atoms with Crippen molar-refractivity contribution < 1.29 is 0 Å². The van der Waals surface area contributed by atoms with E-state index in [1.54, 1.807) is 0 Å². The predicted molar refractivity (Wildman–Crippen MR) is 114 cm³/mol.